The fourth-order valence-corrected chi connectivity index (χ4v) is 4.83. The molecule has 0 fully saturated rings. The van der Waals surface area contributed by atoms with Gasteiger partial charge in [-0.15, -0.1) is 11.3 Å². The highest BCUT2D eigenvalue weighted by molar-refractivity contribution is 7.19. The van der Waals surface area contributed by atoms with E-state index in [0.29, 0.717) is 0 Å². The van der Waals surface area contributed by atoms with Crippen LogP contribution in [0.1, 0.15) is 12.5 Å². The lowest BCUT2D eigenvalue weighted by Crippen LogP contribution is -2.09. The molecule has 32 heavy (non-hydrogen) atoms. The van der Waals surface area contributed by atoms with Gasteiger partial charge >= 0.3 is 5.97 Å². The first-order chi connectivity index (χ1) is 15.5. The van der Waals surface area contributed by atoms with E-state index in [4.69, 9.17) is 14.5 Å². The van der Waals surface area contributed by atoms with Gasteiger partial charge in [0.2, 0.25) is 0 Å². The molecule has 2 heterocycles. The lowest BCUT2D eigenvalue weighted by atomic mass is 10.1. The summed E-state index contributed by atoms with van der Waals surface area (Å²) < 4.78 is 12.4. The van der Waals surface area contributed by atoms with E-state index in [9.17, 15) is 9.90 Å². The molecule has 0 aliphatic rings. The summed E-state index contributed by atoms with van der Waals surface area (Å²) in [5.74, 6) is 0.679. The number of hydrogen-bond acceptors (Lipinski definition) is 5. The number of carbonyl (C=O) groups is 1. The van der Waals surface area contributed by atoms with E-state index in [2.05, 4.69) is 6.92 Å². The molecular weight excluding hydrogens is 424 g/mol. The second-order valence-corrected chi connectivity index (χ2v) is 8.22. The molecule has 0 bridgehead atoms. The number of hydrogen-bond donors (Lipinski definition) is 1. The molecule has 4 rings (SSSR count). The summed E-state index contributed by atoms with van der Waals surface area (Å²) in [6.07, 6.45) is 2.61. The smallest absolute Gasteiger partial charge is 0.323 e. The Kier molecular flexibility index (Phi) is 6.28. The van der Waals surface area contributed by atoms with E-state index in [-0.39, 0.29) is 6.54 Å². The van der Waals surface area contributed by atoms with Crippen molar-refractivity contribution in [3.8, 4) is 43.9 Å². The summed E-state index contributed by atoms with van der Waals surface area (Å²) in [6, 6.07) is 17.7. The number of thiazole rings is 1. The van der Waals surface area contributed by atoms with Crippen LogP contribution in [0.2, 0.25) is 0 Å². The maximum absolute atomic E-state index is 11.4. The van der Waals surface area contributed by atoms with Gasteiger partial charge < -0.3 is 19.1 Å². The molecule has 0 aliphatic carbocycles. The monoisotopic (exact) mass is 448 g/mol. The van der Waals surface area contributed by atoms with E-state index in [0.717, 1.165) is 55.9 Å². The van der Waals surface area contributed by atoms with E-state index >= 15 is 0 Å². The SMILES string of the molecule is CCc1ccn(CC(=O)O)c1-c1nc(-c2ccc(OC)cc2)c(-c2ccc(OC)cc2)s1. The highest BCUT2D eigenvalue weighted by Crippen LogP contribution is 2.42. The molecule has 0 amide bonds. The molecule has 6 nitrogen and oxygen atoms in total. The van der Waals surface area contributed by atoms with Crippen LogP contribution in [0.4, 0.5) is 0 Å². The van der Waals surface area contributed by atoms with Gasteiger partial charge in [0.1, 0.15) is 23.1 Å². The van der Waals surface area contributed by atoms with E-state index in [1.807, 2.05) is 60.8 Å². The summed E-state index contributed by atoms with van der Waals surface area (Å²) >= 11 is 1.56. The lowest BCUT2D eigenvalue weighted by molar-refractivity contribution is -0.137. The van der Waals surface area contributed by atoms with Gasteiger partial charge in [-0.25, -0.2) is 4.98 Å². The zero-order chi connectivity index (χ0) is 22.7. The Morgan fingerprint density at radius 2 is 1.56 bits per heavy atom. The van der Waals surface area contributed by atoms with E-state index in [1.165, 1.54) is 0 Å². The summed E-state index contributed by atoms with van der Waals surface area (Å²) in [5.41, 5.74) is 4.77. The zero-order valence-corrected chi connectivity index (χ0v) is 19.0. The van der Waals surface area contributed by atoms with Gasteiger partial charge in [0.25, 0.3) is 0 Å². The van der Waals surface area contributed by atoms with Crippen molar-refractivity contribution in [2.45, 2.75) is 19.9 Å². The molecule has 164 valence electrons. The Hall–Kier alpha value is -3.58. The minimum absolute atomic E-state index is 0.106. The van der Waals surface area contributed by atoms with Crippen LogP contribution in [-0.2, 0) is 17.8 Å². The second kappa shape index (κ2) is 9.28. The van der Waals surface area contributed by atoms with Crippen molar-refractivity contribution < 1.29 is 19.4 Å². The molecule has 0 unspecified atom stereocenters. The maximum Gasteiger partial charge on any atom is 0.323 e. The third-order valence-electron chi connectivity index (χ3n) is 5.28. The summed E-state index contributed by atoms with van der Waals surface area (Å²) in [4.78, 5) is 17.4. The Balaban J connectivity index is 1.89. The molecule has 0 aliphatic heterocycles. The summed E-state index contributed by atoms with van der Waals surface area (Å²) in [5, 5.41) is 10.2. The van der Waals surface area contributed by atoms with Gasteiger partial charge in [0, 0.05) is 11.8 Å². The molecule has 0 atom stereocenters. The number of ether oxygens (including phenoxy) is 2. The summed E-state index contributed by atoms with van der Waals surface area (Å²) in [7, 11) is 3.28. The molecule has 0 spiro atoms. The predicted octanol–water partition coefficient (Wildman–Crippen LogP) is 5.61. The van der Waals surface area contributed by atoms with Crippen molar-refractivity contribution >= 4 is 17.3 Å². The first-order valence-corrected chi connectivity index (χ1v) is 11.1. The number of aryl methyl sites for hydroxylation is 1. The van der Waals surface area contributed by atoms with Crippen LogP contribution in [0.5, 0.6) is 11.5 Å². The zero-order valence-electron chi connectivity index (χ0n) is 18.2. The quantitative estimate of drug-likeness (QED) is 0.379. The molecule has 2 aromatic carbocycles. The minimum atomic E-state index is -0.883. The van der Waals surface area contributed by atoms with Crippen molar-refractivity contribution in [3.63, 3.8) is 0 Å². The number of aromatic nitrogens is 2. The third-order valence-corrected chi connectivity index (χ3v) is 6.39. The maximum atomic E-state index is 11.4. The van der Waals surface area contributed by atoms with Gasteiger partial charge in [-0.1, -0.05) is 6.92 Å². The molecule has 0 saturated heterocycles. The highest BCUT2D eigenvalue weighted by atomic mass is 32.1. The van der Waals surface area contributed by atoms with Crippen LogP contribution < -0.4 is 9.47 Å². The van der Waals surface area contributed by atoms with Crippen molar-refractivity contribution in [2.24, 2.45) is 0 Å². The van der Waals surface area contributed by atoms with Gasteiger partial charge in [0.05, 0.1) is 30.5 Å². The summed E-state index contributed by atoms with van der Waals surface area (Å²) in [6.45, 7) is 1.96. The fourth-order valence-electron chi connectivity index (χ4n) is 3.64. The first-order valence-electron chi connectivity index (χ1n) is 10.2. The van der Waals surface area contributed by atoms with Crippen molar-refractivity contribution in [3.05, 3.63) is 66.4 Å². The Morgan fingerprint density at radius 1 is 0.969 bits per heavy atom. The van der Waals surface area contributed by atoms with Gasteiger partial charge in [0.15, 0.2) is 0 Å². The minimum Gasteiger partial charge on any atom is -0.497 e. The average molecular weight is 449 g/mol. The van der Waals surface area contributed by atoms with E-state index < -0.39 is 5.97 Å². The van der Waals surface area contributed by atoms with Crippen LogP contribution in [0.15, 0.2) is 60.8 Å². The van der Waals surface area contributed by atoms with Crippen molar-refractivity contribution in [2.75, 3.05) is 14.2 Å². The molecular formula is C25H24N2O4S. The normalized spacial score (nSPS) is 10.8. The van der Waals surface area contributed by atoms with Crippen LogP contribution in [-0.4, -0.2) is 34.8 Å². The van der Waals surface area contributed by atoms with Gasteiger partial charge in [-0.05, 0) is 72.1 Å². The Bertz CT molecular complexity index is 1160. The van der Waals surface area contributed by atoms with Gasteiger partial charge in [-0.3, -0.25) is 4.79 Å². The predicted molar refractivity (Wildman–Crippen MR) is 127 cm³/mol. The van der Waals surface area contributed by atoms with Crippen LogP contribution in [0.3, 0.4) is 0 Å². The molecule has 7 heteroatoms. The Morgan fingerprint density at radius 3 is 2.09 bits per heavy atom. The first kappa shape index (κ1) is 21.6. The number of methoxy groups -OCH3 is 2. The molecule has 2 aromatic heterocycles. The van der Waals surface area contributed by atoms with Gasteiger partial charge in [-0.2, -0.15) is 0 Å². The number of carboxylic acid groups (broad SMARTS) is 1. The number of nitrogens with zero attached hydrogens (tertiary/aromatic N) is 2. The lowest BCUT2D eigenvalue weighted by Gasteiger charge is -2.06. The number of benzene rings is 2. The van der Waals surface area contributed by atoms with Crippen molar-refractivity contribution in [1.29, 1.82) is 0 Å². The largest absolute Gasteiger partial charge is 0.497 e. The van der Waals surface area contributed by atoms with Crippen molar-refractivity contribution in [1.82, 2.24) is 9.55 Å². The number of rotatable bonds is 8. The third kappa shape index (κ3) is 4.24. The van der Waals surface area contributed by atoms with E-state index in [1.54, 1.807) is 30.1 Å². The fraction of sp³-hybridized carbons (Fsp3) is 0.200. The molecule has 4 aromatic rings. The molecule has 0 radical (unpaired) electrons. The van der Waals surface area contributed by atoms with Crippen LogP contribution >= 0.6 is 11.3 Å². The van der Waals surface area contributed by atoms with Crippen LogP contribution in [0, 0.1) is 0 Å². The Labute approximate surface area is 190 Å². The highest BCUT2D eigenvalue weighted by Gasteiger charge is 2.21. The standard InChI is InChI=1S/C25H24N2O4S/c1-4-16-13-14-27(15-21(28)29)23(16)25-26-22(17-5-9-19(30-2)10-6-17)24(32-25)18-7-11-20(31-3)12-8-18/h5-14H,4,15H2,1-3H3,(H,28,29). The van der Waals surface area contributed by atoms with Crippen LogP contribution in [0.25, 0.3) is 32.4 Å². The number of aliphatic carboxylic acids is 1. The number of carboxylic acids is 1. The molecule has 1 N–H and O–H groups in total. The topological polar surface area (TPSA) is 73.6 Å². The average Bonchev–Trinajstić information content (AvgIpc) is 3.42. The molecule has 0 saturated carbocycles. The second-order valence-electron chi connectivity index (χ2n) is 7.22.